The molecule has 0 amide bonds. The number of aromatic nitrogens is 5. The lowest BCUT2D eigenvalue weighted by molar-refractivity contribution is 0.475. The maximum absolute atomic E-state index is 13.0. The van der Waals surface area contributed by atoms with Crippen molar-refractivity contribution in [1.29, 1.82) is 0 Å². The molecule has 136 valence electrons. The molecule has 0 aliphatic heterocycles. The number of pyridine rings is 1. The molecule has 8 heteroatoms. The Morgan fingerprint density at radius 3 is 2.22 bits per heavy atom. The molecule has 8 nitrogen and oxygen atoms in total. The lowest BCUT2D eigenvalue weighted by Crippen LogP contribution is -2.22. The lowest BCUT2D eigenvalue weighted by atomic mass is 10.2. The molecule has 0 saturated heterocycles. The molecule has 4 rings (SSSR count). The average Bonchev–Trinajstić information content (AvgIpc) is 2.92. The van der Waals surface area contributed by atoms with E-state index in [1.807, 2.05) is 19.9 Å². The number of fused-ring (bicyclic) bond motifs is 1. The molecule has 0 unspecified atom stereocenters. The van der Waals surface area contributed by atoms with Gasteiger partial charge in [0.1, 0.15) is 5.75 Å². The minimum Gasteiger partial charge on any atom is -0.508 e. The van der Waals surface area contributed by atoms with Crippen molar-refractivity contribution in [1.82, 2.24) is 24.3 Å². The second kappa shape index (κ2) is 5.94. The Hall–Kier alpha value is -3.68. The molecule has 0 bridgehead atoms. The first-order valence-electron chi connectivity index (χ1n) is 8.34. The van der Waals surface area contributed by atoms with Gasteiger partial charge < -0.3 is 5.11 Å². The number of benzene rings is 1. The number of aryl methyl sites for hydroxylation is 3. The van der Waals surface area contributed by atoms with Crippen LogP contribution in [0.3, 0.4) is 0 Å². The number of rotatable bonds is 2. The molecule has 0 radical (unpaired) electrons. The highest BCUT2D eigenvalue weighted by Crippen LogP contribution is 2.18. The Labute approximate surface area is 153 Å². The number of hydrogen-bond acceptors (Lipinski definition) is 5. The predicted octanol–water partition coefficient (Wildman–Crippen LogP) is 1.89. The van der Waals surface area contributed by atoms with Crippen molar-refractivity contribution in [2.45, 2.75) is 20.8 Å². The second-order valence-electron chi connectivity index (χ2n) is 6.41. The van der Waals surface area contributed by atoms with E-state index in [1.54, 1.807) is 19.1 Å². The number of hydrogen-bond donors (Lipinski definition) is 2. The highest BCUT2D eigenvalue weighted by Gasteiger charge is 2.17. The molecule has 3 heterocycles. The molecular weight excluding hydrogens is 346 g/mol. The Morgan fingerprint density at radius 2 is 1.59 bits per heavy atom. The number of phenolic OH excluding ortho intramolecular Hbond substituents is 1. The number of aromatic amines is 1. The summed E-state index contributed by atoms with van der Waals surface area (Å²) in [6.07, 6.45) is 0. The van der Waals surface area contributed by atoms with Gasteiger partial charge in [0.25, 0.3) is 17.1 Å². The van der Waals surface area contributed by atoms with Crippen molar-refractivity contribution in [3.8, 4) is 17.4 Å². The van der Waals surface area contributed by atoms with Crippen LogP contribution in [0.4, 0.5) is 0 Å². The summed E-state index contributed by atoms with van der Waals surface area (Å²) in [5.41, 5.74) is 2.33. The molecule has 0 aliphatic rings. The summed E-state index contributed by atoms with van der Waals surface area (Å²) < 4.78 is 2.68. The zero-order valence-electron chi connectivity index (χ0n) is 15.0. The zero-order chi connectivity index (χ0) is 19.3. The van der Waals surface area contributed by atoms with Crippen molar-refractivity contribution >= 4 is 10.9 Å². The van der Waals surface area contributed by atoms with Crippen molar-refractivity contribution in [3.63, 3.8) is 0 Å². The van der Waals surface area contributed by atoms with Gasteiger partial charge in [-0.1, -0.05) is 0 Å². The van der Waals surface area contributed by atoms with Gasteiger partial charge in [0.05, 0.1) is 10.9 Å². The fourth-order valence-corrected chi connectivity index (χ4v) is 3.24. The summed E-state index contributed by atoms with van der Waals surface area (Å²) in [6.45, 7) is 5.36. The van der Waals surface area contributed by atoms with Crippen LogP contribution >= 0.6 is 0 Å². The standard InChI is InChI=1S/C19H17N5O3/c1-10-8-11(2)21-19(20-10)24-18(27)17-12(3)23(16(26)9-15(17)22-24)13-4-6-14(25)7-5-13/h4-9,22,25H,1-3H3. The van der Waals surface area contributed by atoms with Gasteiger partial charge in [-0.15, -0.1) is 0 Å². The van der Waals surface area contributed by atoms with E-state index in [1.165, 1.54) is 27.4 Å². The number of nitrogens with one attached hydrogen (secondary N) is 1. The molecule has 0 fully saturated rings. The van der Waals surface area contributed by atoms with E-state index in [4.69, 9.17) is 0 Å². The van der Waals surface area contributed by atoms with Crippen LogP contribution in [0, 0.1) is 20.8 Å². The van der Waals surface area contributed by atoms with Crippen molar-refractivity contribution in [3.05, 3.63) is 74.2 Å². The van der Waals surface area contributed by atoms with Crippen LogP contribution < -0.4 is 11.1 Å². The van der Waals surface area contributed by atoms with E-state index >= 15 is 0 Å². The highest BCUT2D eigenvalue weighted by molar-refractivity contribution is 5.81. The molecule has 0 spiro atoms. The van der Waals surface area contributed by atoms with Gasteiger partial charge in [0, 0.05) is 28.8 Å². The van der Waals surface area contributed by atoms with E-state index in [9.17, 15) is 14.7 Å². The van der Waals surface area contributed by atoms with Gasteiger partial charge in [-0.2, -0.15) is 4.68 Å². The van der Waals surface area contributed by atoms with Crippen LogP contribution in [-0.2, 0) is 0 Å². The Bertz CT molecular complexity index is 1280. The molecule has 0 saturated carbocycles. The zero-order valence-corrected chi connectivity index (χ0v) is 15.0. The van der Waals surface area contributed by atoms with E-state index in [0.717, 1.165) is 11.4 Å². The lowest BCUT2D eigenvalue weighted by Gasteiger charge is -2.10. The fraction of sp³-hybridized carbons (Fsp3) is 0.158. The average molecular weight is 363 g/mol. The van der Waals surface area contributed by atoms with Crippen LogP contribution in [0.1, 0.15) is 17.1 Å². The monoisotopic (exact) mass is 363 g/mol. The van der Waals surface area contributed by atoms with Crippen molar-refractivity contribution < 1.29 is 5.11 Å². The molecule has 1 aromatic carbocycles. The van der Waals surface area contributed by atoms with E-state index in [0.29, 0.717) is 22.3 Å². The maximum Gasteiger partial charge on any atom is 0.283 e. The highest BCUT2D eigenvalue weighted by atomic mass is 16.3. The molecule has 4 aromatic rings. The van der Waals surface area contributed by atoms with E-state index in [2.05, 4.69) is 15.1 Å². The molecule has 27 heavy (non-hydrogen) atoms. The molecular formula is C19H17N5O3. The molecule has 2 N–H and O–H groups in total. The van der Waals surface area contributed by atoms with Crippen LogP contribution in [0.5, 0.6) is 5.75 Å². The number of H-pyrrole nitrogens is 1. The quantitative estimate of drug-likeness (QED) is 0.566. The van der Waals surface area contributed by atoms with Crippen LogP contribution in [0.25, 0.3) is 22.5 Å². The number of nitrogens with zero attached hydrogens (tertiary/aromatic N) is 4. The Balaban J connectivity index is 2.01. The fourth-order valence-electron chi connectivity index (χ4n) is 3.24. The first-order valence-corrected chi connectivity index (χ1v) is 8.34. The molecule has 0 aliphatic carbocycles. The van der Waals surface area contributed by atoms with Gasteiger partial charge >= 0.3 is 0 Å². The topological polar surface area (TPSA) is 106 Å². The van der Waals surface area contributed by atoms with Crippen LogP contribution in [-0.4, -0.2) is 29.4 Å². The predicted molar refractivity (Wildman–Crippen MR) is 101 cm³/mol. The Kier molecular flexibility index (Phi) is 3.69. The SMILES string of the molecule is Cc1cc(C)nc(-n2[nH]c3cc(=O)n(-c4ccc(O)cc4)c(C)c3c2=O)n1. The summed E-state index contributed by atoms with van der Waals surface area (Å²) in [4.78, 5) is 34.3. The summed E-state index contributed by atoms with van der Waals surface area (Å²) >= 11 is 0. The van der Waals surface area contributed by atoms with Crippen LogP contribution in [0.15, 0.2) is 46.0 Å². The normalized spacial score (nSPS) is 11.2. The third-order valence-electron chi connectivity index (χ3n) is 4.38. The first kappa shape index (κ1) is 16.8. The molecule has 3 aromatic heterocycles. The maximum atomic E-state index is 13.0. The van der Waals surface area contributed by atoms with Gasteiger partial charge in [-0.25, -0.2) is 9.97 Å². The van der Waals surface area contributed by atoms with Gasteiger partial charge in [-0.3, -0.25) is 19.3 Å². The number of aromatic hydroxyl groups is 1. The first-order chi connectivity index (χ1) is 12.8. The van der Waals surface area contributed by atoms with Gasteiger partial charge in [-0.05, 0) is 51.1 Å². The summed E-state index contributed by atoms with van der Waals surface area (Å²) in [6, 6.07) is 9.41. The van der Waals surface area contributed by atoms with Gasteiger partial charge in [0.2, 0.25) is 0 Å². The van der Waals surface area contributed by atoms with E-state index in [-0.39, 0.29) is 22.8 Å². The van der Waals surface area contributed by atoms with Crippen molar-refractivity contribution in [2.75, 3.05) is 0 Å². The minimum absolute atomic E-state index is 0.0986. The smallest absolute Gasteiger partial charge is 0.283 e. The number of phenols is 1. The summed E-state index contributed by atoms with van der Waals surface area (Å²) in [7, 11) is 0. The van der Waals surface area contributed by atoms with Crippen LogP contribution in [0.2, 0.25) is 0 Å². The third kappa shape index (κ3) is 2.71. The summed E-state index contributed by atoms with van der Waals surface area (Å²) in [5, 5.41) is 12.8. The van der Waals surface area contributed by atoms with Crippen molar-refractivity contribution in [2.24, 2.45) is 0 Å². The van der Waals surface area contributed by atoms with E-state index < -0.39 is 0 Å². The third-order valence-corrected chi connectivity index (χ3v) is 4.38. The Morgan fingerprint density at radius 1 is 0.963 bits per heavy atom. The molecule has 0 atom stereocenters. The summed E-state index contributed by atoms with van der Waals surface area (Å²) in [5.74, 6) is 0.332. The minimum atomic E-state index is -0.333. The largest absolute Gasteiger partial charge is 0.508 e. The van der Waals surface area contributed by atoms with Gasteiger partial charge in [0.15, 0.2) is 0 Å². The second-order valence-corrected chi connectivity index (χ2v) is 6.41.